The highest BCUT2D eigenvalue weighted by Crippen LogP contribution is 2.33. The zero-order chi connectivity index (χ0) is 12.8. The van der Waals surface area contributed by atoms with Crippen LogP contribution in [0.15, 0.2) is 28.7 Å². The second-order valence-electron chi connectivity index (χ2n) is 4.46. The lowest BCUT2D eigenvalue weighted by atomic mass is 10.1. The Morgan fingerprint density at radius 2 is 2.12 bits per heavy atom. The van der Waals surface area contributed by atoms with Gasteiger partial charge < -0.3 is 10.8 Å². The summed E-state index contributed by atoms with van der Waals surface area (Å²) in [4.78, 5) is 0. The van der Waals surface area contributed by atoms with E-state index in [9.17, 15) is 0 Å². The highest BCUT2D eigenvalue weighted by atomic mass is 79.9. The second-order valence-corrected chi connectivity index (χ2v) is 6.55. The largest absolute Gasteiger partial charge is 0.396 e. The maximum atomic E-state index is 9.05. The number of aliphatic hydroxyl groups is 1. The molecule has 96 valence electrons. The van der Waals surface area contributed by atoms with Gasteiger partial charge in [-0.1, -0.05) is 35.0 Å². The molecule has 4 heteroatoms. The summed E-state index contributed by atoms with van der Waals surface area (Å²) in [7, 11) is 0. The summed E-state index contributed by atoms with van der Waals surface area (Å²) in [5, 5.41) is 9.33. The average Bonchev–Trinajstić information content (AvgIpc) is 2.28. The molecule has 0 spiro atoms. The van der Waals surface area contributed by atoms with Crippen molar-refractivity contribution < 1.29 is 5.11 Å². The Kier molecular flexibility index (Phi) is 6.55. The molecule has 2 nitrogen and oxygen atoms in total. The number of thioether (sulfide) groups is 1. The summed E-state index contributed by atoms with van der Waals surface area (Å²) in [5.74, 6) is 1.24. The number of halogens is 1. The zero-order valence-corrected chi connectivity index (χ0v) is 12.7. The van der Waals surface area contributed by atoms with Crippen LogP contribution in [0.5, 0.6) is 0 Å². The van der Waals surface area contributed by atoms with Gasteiger partial charge in [-0.2, -0.15) is 11.8 Å². The Hall–Kier alpha value is -0.0300. The molecule has 17 heavy (non-hydrogen) atoms. The fraction of sp³-hybridized carbons (Fsp3) is 0.538. The Morgan fingerprint density at radius 3 is 2.65 bits per heavy atom. The van der Waals surface area contributed by atoms with Gasteiger partial charge in [0.1, 0.15) is 0 Å². The van der Waals surface area contributed by atoms with Crippen molar-refractivity contribution in [3.63, 3.8) is 0 Å². The molecule has 3 N–H and O–H groups in total. The van der Waals surface area contributed by atoms with E-state index in [-0.39, 0.29) is 17.9 Å². The summed E-state index contributed by atoms with van der Waals surface area (Å²) < 4.78 is 1.08. The van der Waals surface area contributed by atoms with Crippen LogP contribution in [0.4, 0.5) is 0 Å². The monoisotopic (exact) mass is 317 g/mol. The Labute approximate surface area is 116 Å². The molecule has 0 aromatic heterocycles. The Bertz CT molecular complexity index is 346. The van der Waals surface area contributed by atoms with Crippen LogP contribution in [0.25, 0.3) is 0 Å². The highest BCUT2D eigenvalue weighted by Gasteiger charge is 2.18. The minimum atomic E-state index is 0.0974. The van der Waals surface area contributed by atoms with Crippen LogP contribution < -0.4 is 5.73 Å². The molecular formula is C13H20BrNOS. The minimum Gasteiger partial charge on any atom is -0.396 e. The molecule has 3 atom stereocenters. The topological polar surface area (TPSA) is 46.2 Å². The lowest BCUT2D eigenvalue weighted by molar-refractivity contribution is 0.250. The van der Waals surface area contributed by atoms with Crippen LogP contribution in [0.2, 0.25) is 0 Å². The van der Waals surface area contributed by atoms with Gasteiger partial charge in [0.2, 0.25) is 0 Å². The van der Waals surface area contributed by atoms with E-state index in [1.165, 1.54) is 5.56 Å². The lowest BCUT2D eigenvalue weighted by Gasteiger charge is -2.22. The van der Waals surface area contributed by atoms with Crippen LogP contribution in [-0.2, 0) is 0 Å². The minimum absolute atomic E-state index is 0.0974. The van der Waals surface area contributed by atoms with Gasteiger partial charge >= 0.3 is 0 Å². The molecule has 1 rings (SSSR count). The zero-order valence-electron chi connectivity index (χ0n) is 10.3. The predicted molar refractivity (Wildman–Crippen MR) is 79.2 cm³/mol. The Balaban J connectivity index is 2.72. The van der Waals surface area contributed by atoms with Gasteiger partial charge in [-0.15, -0.1) is 0 Å². The Morgan fingerprint density at radius 1 is 1.41 bits per heavy atom. The lowest BCUT2D eigenvalue weighted by Crippen LogP contribution is -2.23. The van der Waals surface area contributed by atoms with Crippen molar-refractivity contribution in [2.45, 2.75) is 25.1 Å². The molecular weight excluding hydrogens is 298 g/mol. The van der Waals surface area contributed by atoms with Gasteiger partial charge in [0, 0.05) is 22.4 Å². The molecule has 0 heterocycles. The number of aliphatic hydroxyl groups excluding tert-OH is 1. The summed E-state index contributed by atoms with van der Waals surface area (Å²) in [6, 6.07) is 8.37. The van der Waals surface area contributed by atoms with E-state index < -0.39 is 0 Å². The van der Waals surface area contributed by atoms with Crippen molar-refractivity contribution in [1.29, 1.82) is 0 Å². The third kappa shape index (κ3) is 5.00. The van der Waals surface area contributed by atoms with Gasteiger partial charge in [-0.3, -0.25) is 0 Å². The standard InChI is InChI=1S/C13H20BrNOS/c1-9(7-16)8-17-13(10(2)15)11-4-3-5-12(14)6-11/h3-6,9-10,13,16H,7-8,15H2,1-2H3. The molecule has 0 amide bonds. The molecule has 3 unspecified atom stereocenters. The molecule has 0 radical (unpaired) electrons. The predicted octanol–water partition coefficient (Wildman–Crippen LogP) is 3.20. The fourth-order valence-electron chi connectivity index (χ4n) is 1.56. The first-order valence-electron chi connectivity index (χ1n) is 5.78. The molecule has 0 saturated heterocycles. The van der Waals surface area contributed by atoms with E-state index in [0.717, 1.165) is 10.2 Å². The summed E-state index contributed by atoms with van der Waals surface area (Å²) in [5.41, 5.74) is 7.29. The van der Waals surface area contributed by atoms with E-state index >= 15 is 0 Å². The van der Waals surface area contributed by atoms with Crippen LogP contribution in [-0.4, -0.2) is 23.5 Å². The quantitative estimate of drug-likeness (QED) is 0.847. The maximum absolute atomic E-state index is 9.05. The van der Waals surface area contributed by atoms with Crippen molar-refractivity contribution in [3.05, 3.63) is 34.3 Å². The molecule has 1 aromatic carbocycles. The molecule has 1 aromatic rings. The van der Waals surface area contributed by atoms with E-state index in [0.29, 0.717) is 5.92 Å². The van der Waals surface area contributed by atoms with E-state index in [2.05, 4.69) is 28.1 Å². The van der Waals surface area contributed by atoms with Gasteiger partial charge in [0.25, 0.3) is 0 Å². The van der Waals surface area contributed by atoms with E-state index in [1.54, 1.807) is 0 Å². The van der Waals surface area contributed by atoms with E-state index in [1.807, 2.05) is 37.7 Å². The fourth-order valence-corrected chi connectivity index (χ4v) is 3.26. The van der Waals surface area contributed by atoms with E-state index in [4.69, 9.17) is 10.8 Å². The van der Waals surface area contributed by atoms with Gasteiger partial charge in [-0.05, 0) is 36.3 Å². The van der Waals surface area contributed by atoms with Crippen LogP contribution in [0.1, 0.15) is 24.7 Å². The number of hydrogen-bond donors (Lipinski definition) is 2. The average molecular weight is 318 g/mol. The van der Waals surface area contributed by atoms with Crippen molar-refractivity contribution in [2.24, 2.45) is 11.7 Å². The molecule has 0 saturated carbocycles. The summed E-state index contributed by atoms with van der Waals surface area (Å²) in [6.45, 7) is 4.31. The molecule has 0 fully saturated rings. The van der Waals surface area contributed by atoms with Crippen molar-refractivity contribution in [3.8, 4) is 0 Å². The molecule has 0 aliphatic rings. The normalized spacial score (nSPS) is 16.5. The van der Waals surface area contributed by atoms with Crippen molar-refractivity contribution in [2.75, 3.05) is 12.4 Å². The van der Waals surface area contributed by atoms with Crippen LogP contribution >= 0.6 is 27.7 Å². The smallest absolute Gasteiger partial charge is 0.0464 e. The van der Waals surface area contributed by atoms with Gasteiger partial charge in [-0.25, -0.2) is 0 Å². The third-order valence-electron chi connectivity index (χ3n) is 2.53. The highest BCUT2D eigenvalue weighted by molar-refractivity contribution is 9.10. The third-order valence-corrected chi connectivity index (χ3v) is 4.84. The second kappa shape index (κ2) is 7.41. The number of nitrogens with two attached hydrogens (primary N) is 1. The summed E-state index contributed by atoms with van der Waals surface area (Å²) >= 11 is 5.30. The summed E-state index contributed by atoms with van der Waals surface area (Å²) in [6.07, 6.45) is 0. The first-order chi connectivity index (χ1) is 8.04. The van der Waals surface area contributed by atoms with Gasteiger partial charge in [0.05, 0.1) is 0 Å². The SMILES string of the molecule is CC(CO)CSC(c1cccc(Br)c1)C(C)N. The maximum Gasteiger partial charge on any atom is 0.0464 e. The van der Waals surface area contributed by atoms with Crippen molar-refractivity contribution in [1.82, 2.24) is 0 Å². The number of hydrogen-bond acceptors (Lipinski definition) is 3. The molecule has 0 aliphatic heterocycles. The molecule has 0 bridgehead atoms. The first-order valence-corrected chi connectivity index (χ1v) is 7.62. The number of rotatable bonds is 6. The first kappa shape index (κ1) is 15.0. The van der Waals surface area contributed by atoms with Gasteiger partial charge in [0.15, 0.2) is 0 Å². The van der Waals surface area contributed by atoms with Crippen LogP contribution in [0.3, 0.4) is 0 Å². The molecule has 0 aliphatic carbocycles. The van der Waals surface area contributed by atoms with Crippen molar-refractivity contribution >= 4 is 27.7 Å². The van der Waals surface area contributed by atoms with Crippen LogP contribution in [0, 0.1) is 5.92 Å². The number of benzene rings is 1.